The Morgan fingerprint density at radius 2 is 1.61 bits per heavy atom. The lowest BCUT2D eigenvalue weighted by Crippen LogP contribution is -2.45. The molecule has 0 amide bonds. The molecule has 10 heteroatoms. The molecule has 156 valence electrons. The van der Waals surface area contributed by atoms with Crippen molar-refractivity contribution < 1.29 is 22.3 Å². The number of hydrogen-bond acceptors (Lipinski definition) is 3. The van der Waals surface area contributed by atoms with Gasteiger partial charge in [0.1, 0.15) is 11.6 Å². The van der Waals surface area contributed by atoms with E-state index in [4.69, 9.17) is 11.6 Å². The van der Waals surface area contributed by atoms with Crippen LogP contribution in [-0.4, -0.2) is 37.4 Å². The Labute approximate surface area is 177 Å². The summed E-state index contributed by atoms with van der Waals surface area (Å²) >= 11 is 6.26. The van der Waals surface area contributed by atoms with Crippen LogP contribution < -0.4 is 10.1 Å². The molecule has 1 atom stereocenters. The number of hydrogen-bond donors (Lipinski definition) is 1. The topological polar surface area (TPSA) is 24.5 Å². The number of alkyl halides is 3. The second-order valence-electron chi connectivity index (χ2n) is 5.94. The Balaban J connectivity index is 0.00000196. The lowest BCUT2D eigenvalue weighted by atomic mass is 9.95. The van der Waals surface area contributed by atoms with Crippen LogP contribution in [0.15, 0.2) is 42.5 Å². The van der Waals surface area contributed by atoms with Crippen molar-refractivity contribution in [1.82, 2.24) is 10.2 Å². The molecule has 3 rings (SSSR count). The van der Waals surface area contributed by atoms with E-state index in [0.29, 0.717) is 24.2 Å². The van der Waals surface area contributed by atoms with Crippen LogP contribution in [0, 0.1) is 5.82 Å². The molecule has 1 aliphatic heterocycles. The zero-order valence-electron chi connectivity index (χ0n) is 14.5. The van der Waals surface area contributed by atoms with Crippen LogP contribution in [0.4, 0.5) is 17.6 Å². The number of benzene rings is 2. The van der Waals surface area contributed by atoms with Crippen molar-refractivity contribution in [3.8, 4) is 5.75 Å². The number of ether oxygens (including phenoxy) is 1. The highest BCUT2D eigenvalue weighted by Gasteiger charge is 2.32. The monoisotopic (exact) mass is 460 g/mol. The van der Waals surface area contributed by atoms with E-state index >= 15 is 0 Å². The summed E-state index contributed by atoms with van der Waals surface area (Å²) in [6.45, 7) is 2.79. The van der Waals surface area contributed by atoms with Crippen LogP contribution in [-0.2, 0) is 0 Å². The first kappa shape index (κ1) is 24.8. The average molecular weight is 462 g/mol. The van der Waals surface area contributed by atoms with E-state index in [1.165, 1.54) is 36.4 Å². The van der Waals surface area contributed by atoms with Gasteiger partial charge in [-0.25, -0.2) is 4.39 Å². The second-order valence-corrected chi connectivity index (χ2v) is 6.35. The highest BCUT2D eigenvalue weighted by Crippen LogP contribution is 2.36. The van der Waals surface area contributed by atoms with Crippen molar-refractivity contribution in [2.24, 2.45) is 0 Å². The third-order valence-electron chi connectivity index (χ3n) is 4.22. The molecule has 28 heavy (non-hydrogen) atoms. The Kier molecular flexibility index (Phi) is 9.30. The Bertz CT molecular complexity index is 733. The number of halogens is 7. The van der Waals surface area contributed by atoms with E-state index in [1.54, 1.807) is 6.07 Å². The fourth-order valence-electron chi connectivity index (χ4n) is 3.12. The summed E-state index contributed by atoms with van der Waals surface area (Å²) in [5, 5.41) is 3.50. The van der Waals surface area contributed by atoms with E-state index in [2.05, 4.69) is 15.0 Å². The van der Waals surface area contributed by atoms with Gasteiger partial charge in [0.25, 0.3) is 0 Å². The Morgan fingerprint density at radius 3 is 2.14 bits per heavy atom. The summed E-state index contributed by atoms with van der Waals surface area (Å²) in [6, 6.07) is 9.45. The largest absolute Gasteiger partial charge is 0.573 e. The molecular weight excluding hydrogens is 443 g/mol. The highest BCUT2D eigenvalue weighted by molar-refractivity contribution is 6.31. The van der Waals surface area contributed by atoms with Gasteiger partial charge in [-0.2, -0.15) is 0 Å². The van der Waals surface area contributed by atoms with Crippen LogP contribution in [0.3, 0.4) is 0 Å². The van der Waals surface area contributed by atoms with Gasteiger partial charge in [0, 0.05) is 36.8 Å². The zero-order chi connectivity index (χ0) is 18.7. The molecule has 0 saturated carbocycles. The van der Waals surface area contributed by atoms with Crippen LogP contribution >= 0.6 is 36.4 Å². The van der Waals surface area contributed by atoms with Gasteiger partial charge in [-0.3, -0.25) is 4.90 Å². The van der Waals surface area contributed by atoms with E-state index in [1.807, 2.05) is 0 Å². The molecule has 2 aromatic rings. The number of nitrogens with one attached hydrogen (secondary N) is 1. The minimum Gasteiger partial charge on any atom is -0.406 e. The molecule has 0 bridgehead atoms. The van der Waals surface area contributed by atoms with Gasteiger partial charge in [-0.1, -0.05) is 29.8 Å². The van der Waals surface area contributed by atoms with Crippen LogP contribution in [0.5, 0.6) is 5.75 Å². The van der Waals surface area contributed by atoms with Crippen molar-refractivity contribution in [2.45, 2.75) is 12.4 Å². The fraction of sp³-hybridized carbons (Fsp3) is 0.333. The SMILES string of the molecule is Cl.Cl.Fc1cccc(Cl)c1[C@H](c1ccc(OC(F)(F)F)cc1)N1CCNCC1. The number of piperazine rings is 1. The molecule has 0 unspecified atom stereocenters. The molecule has 0 aromatic heterocycles. The predicted octanol–water partition coefficient (Wildman–Crippen LogP) is 5.22. The lowest BCUT2D eigenvalue weighted by Gasteiger charge is -2.36. The van der Waals surface area contributed by atoms with E-state index < -0.39 is 18.2 Å². The summed E-state index contributed by atoms with van der Waals surface area (Å²) in [7, 11) is 0. The van der Waals surface area contributed by atoms with Gasteiger partial charge in [0.2, 0.25) is 0 Å². The third kappa shape index (κ3) is 6.12. The fourth-order valence-corrected chi connectivity index (χ4v) is 3.39. The predicted molar refractivity (Wildman–Crippen MR) is 105 cm³/mol. The van der Waals surface area contributed by atoms with Gasteiger partial charge < -0.3 is 10.1 Å². The zero-order valence-corrected chi connectivity index (χ0v) is 16.9. The van der Waals surface area contributed by atoms with E-state index in [9.17, 15) is 17.6 Å². The molecule has 3 nitrogen and oxygen atoms in total. The maximum atomic E-state index is 14.5. The minimum atomic E-state index is -4.76. The molecule has 1 aliphatic rings. The molecule has 1 heterocycles. The van der Waals surface area contributed by atoms with Crippen LogP contribution in [0.1, 0.15) is 17.2 Å². The molecule has 1 fully saturated rings. The Hall–Kier alpha value is -1.25. The summed E-state index contributed by atoms with van der Waals surface area (Å²) in [5.74, 6) is -0.767. The summed E-state index contributed by atoms with van der Waals surface area (Å²) in [6.07, 6.45) is -4.76. The highest BCUT2D eigenvalue weighted by atomic mass is 35.5. The smallest absolute Gasteiger partial charge is 0.406 e. The molecule has 1 N–H and O–H groups in total. The van der Waals surface area contributed by atoms with E-state index in [-0.39, 0.29) is 35.6 Å². The van der Waals surface area contributed by atoms with E-state index in [0.717, 1.165) is 13.1 Å². The quantitative estimate of drug-likeness (QED) is 0.632. The van der Waals surface area contributed by atoms with Crippen molar-refractivity contribution in [3.63, 3.8) is 0 Å². The van der Waals surface area contributed by atoms with Crippen LogP contribution in [0.2, 0.25) is 5.02 Å². The summed E-state index contributed by atoms with van der Waals surface area (Å²) < 4.78 is 55.5. The minimum absolute atomic E-state index is 0. The number of nitrogens with zero attached hydrogens (tertiary/aromatic N) is 1. The van der Waals surface area contributed by atoms with Crippen molar-refractivity contribution >= 4 is 36.4 Å². The average Bonchev–Trinajstić information content (AvgIpc) is 2.59. The molecule has 2 aromatic carbocycles. The van der Waals surface area contributed by atoms with Gasteiger partial charge in [-0.05, 0) is 29.8 Å². The maximum absolute atomic E-state index is 14.5. The van der Waals surface area contributed by atoms with Gasteiger partial charge >= 0.3 is 6.36 Å². The van der Waals surface area contributed by atoms with Gasteiger partial charge in [-0.15, -0.1) is 38.0 Å². The molecule has 0 aliphatic carbocycles. The van der Waals surface area contributed by atoms with Gasteiger partial charge in [0.15, 0.2) is 0 Å². The van der Waals surface area contributed by atoms with Crippen molar-refractivity contribution in [2.75, 3.05) is 26.2 Å². The molecule has 1 saturated heterocycles. The number of rotatable bonds is 4. The maximum Gasteiger partial charge on any atom is 0.573 e. The normalized spacial score (nSPS) is 15.9. The third-order valence-corrected chi connectivity index (χ3v) is 4.55. The first-order valence-corrected chi connectivity index (χ1v) is 8.47. The first-order valence-electron chi connectivity index (χ1n) is 8.09. The molecular formula is C18H19Cl3F4N2O. The van der Waals surface area contributed by atoms with Crippen molar-refractivity contribution in [1.29, 1.82) is 0 Å². The van der Waals surface area contributed by atoms with Crippen LogP contribution in [0.25, 0.3) is 0 Å². The lowest BCUT2D eigenvalue weighted by molar-refractivity contribution is -0.274. The van der Waals surface area contributed by atoms with Gasteiger partial charge in [0.05, 0.1) is 6.04 Å². The van der Waals surface area contributed by atoms with Crippen molar-refractivity contribution in [3.05, 3.63) is 64.4 Å². The standard InChI is InChI=1S/C18H17ClF4N2O.2ClH/c19-14-2-1-3-15(20)16(14)17(25-10-8-24-9-11-25)12-4-6-13(7-5-12)26-18(21,22)23;;/h1-7,17,24H,8-11H2;2*1H/t17-;;/m0../s1. The summed E-state index contributed by atoms with van der Waals surface area (Å²) in [5.41, 5.74) is 0.967. The summed E-state index contributed by atoms with van der Waals surface area (Å²) in [4.78, 5) is 2.06. The molecule has 0 spiro atoms. The first-order chi connectivity index (χ1) is 12.3. The second kappa shape index (κ2) is 10.5. The molecule has 0 radical (unpaired) electrons. The Morgan fingerprint density at radius 1 is 1.00 bits per heavy atom.